The van der Waals surface area contributed by atoms with E-state index in [1.165, 1.54) is 0 Å². The van der Waals surface area contributed by atoms with E-state index in [2.05, 4.69) is 5.32 Å². The predicted molar refractivity (Wildman–Crippen MR) is 66.9 cm³/mol. The van der Waals surface area contributed by atoms with Crippen LogP contribution in [-0.4, -0.2) is 23.9 Å². The van der Waals surface area contributed by atoms with E-state index in [4.69, 9.17) is 0 Å². The molecule has 0 aromatic heterocycles. The van der Waals surface area contributed by atoms with Crippen LogP contribution in [-0.2, 0) is 6.42 Å². The molecule has 1 atom stereocenters. The van der Waals surface area contributed by atoms with Gasteiger partial charge in [0.15, 0.2) is 0 Å². The van der Waals surface area contributed by atoms with Crippen molar-refractivity contribution in [3.63, 3.8) is 0 Å². The quantitative estimate of drug-likeness (QED) is 0.847. The van der Waals surface area contributed by atoms with Crippen LogP contribution in [0, 0.1) is 5.92 Å². The predicted octanol–water partition coefficient (Wildman–Crippen LogP) is 2.66. The summed E-state index contributed by atoms with van der Waals surface area (Å²) in [5.74, 6) is 0.286. The Morgan fingerprint density at radius 1 is 1.35 bits per heavy atom. The summed E-state index contributed by atoms with van der Waals surface area (Å²) in [6, 6.07) is 7.02. The number of piperidine rings is 1. The van der Waals surface area contributed by atoms with Gasteiger partial charge in [-0.1, -0.05) is 18.2 Å². The fourth-order valence-corrected chi connectivity index (χ4v) is 2.60. The normalized spacial score (nSPS) is 21.1. The van der Waals surface area contributed by atoms with Crippen molar-refractivity contribution in [1.29, 1.82) is 0 Å². The summed E-state index contributed by atoms with van der Waals surface area (Å²) in [5.41, 5.74) is -0.531. The molecule has 1 aliphatic rings. The summed E-state index contributed by atoms with van der Waals surface area (Å²) in [6.07, 6.45) is 2.05. The van der Waals surface area contributed by atoms with Crippen molar-refractivity contribution in [3.8, 4) is 5.75 Å². The Bertz CT molecular complexity index is 372. The number of nitrogens with one attached hydrogen (secondary N) is 1. The van der Waals surface area contributed by atoms with Crippen molar-refractivity contribution in [3.05, 3.63) is 29.8 Å². The lowest BCUT2D eigenvalue weighted by molar-refractivity contribution is 0.0789. The fourth-order valence-electron chi connectivity index (χ4n) is 2.60. The summed E-state index contributed by atoms with van der Waals surface area (Å²) >= 11 is 0. The average Bonchev–Trinajstić information content (AvgIpc) is 2.33. The molecule has 0 spiro atoms. The number of aromatic hydroxyl groups is 1. The number of benzene rings is 1. The van der Waals surface area contributed by atoms with Crippen LogP contribution in [0.1, 0.15) is 25.3 Å². The maximum atomic E-state index is 14.7. The lowest BCUT2D eigenvalue weighted by atomic mass is 9.80. The van der Waals surface area contributed by atoms with E-state index in [-0.39, 0.29) is 11.7 Å². The first-order chi connectivity index (χ1) is 8.09. The number of alkyl halides is 1. The molecule has 1 fully saturated rings. The molecule has 1 heterocycles. The first kappa shape index (κ1) is 12.4. The van der Waals surface area contributed by atoms with Gasteiger partial charge in [-0.15, -0.1) is 0 Å². The van der Waals surface area contributed by atoms with E-state index in [1.807, 2.05) is 6.07 Å². The number of hydrogen-bond donors (Lipinski definition) is 2. The minimum absolute atomic E-state index is 0.0864. The van der Waals surface area contributed by atoms with Gasteiger partial charge in [0, 0.05) is 6.42 Å². The molecule has 94 valence electrons. The van der Waals surface area contributed by atoms with Crippen molar-refractivity contribution in [2.45, 2.75) is 31.9 Å². The van der Waals surface area contributed by atoms with Crippen LogP contribution < -0.4 is 5.32 Å². The largest absolute Gasteiger partial charge is 0.508 e. The summed E-state index contributed by atoms with van der Waals surface area (Å²) in [7, 11) is 0. The van der Waals surface area contributed by atoms with Gasteiger partial charge in [0.05, 0.1) is 0 Å². The minimum Gasteiger partial charge on any atom is -0.508 e. The summed E-state index contributed by atoms with van der Waals surface area (Å²) in [5, 5.41) is 12.9. The van der Waals surface area contributed by atoms with Gasteiger partial charge in [0.2, 0.25) is 0 Å². The molecule has 0 saturated carbocycles. The van der Waals surface area contributed by atoms with E-state index in [1.54, 1.807) is 25.1 Å². The molecule has 1 saturated heterocycles. The standard InChI is InChI=1S/C14H20FNO/c1-14(15,12-6-8-16-9-7-12)10-11-4-2-3-5-13(11)17/h2-5,12,16-17H,6-10H2,1H3. The summed E-state index contributed by atoms with van der Waals surface area (Å²) in [6.45, 7) is 3.45. The molecule has 1 aromatic carbocycles. The van der Waals surface area contributed by atoms with Crippen LogP contribution in [0.25, 0.3) is 0 Å². The van der Waals surface area contributed by atoms with Gasteiger partial charge in [-0.2, -0.15) is 0 Å². The van der Waals surface area contributed by atoms with Crippen LogP contribution in [0.5, 0.6) is 5.75 Å². The molecule has 1 aromatic rings. The highest BCUT2D eigenvalue weighted by atomic mass is 19.1. The number of phenolic OH excluding ortho intramolecular Hbond substituents is 1. The number of hydrogen-bond acceptors (Lipinski definition) is 2. The molecule has 1 aliphatic heterocycles. The van der Waals surface area contributed by atoms with Gasteiger partial charge >= 0.3 is 0 Å². The van der Waals surface area contributed by atoms with Crippen molar-refractivity contribution >= 4 is 0 Å². The summed E-state index contributed by atoms with van der Waals surface area (Å²) < 4.78 is 14.7. The van der Waals surface area contributed by atoms with Crippen molar-refractivity contribution in [1.82, 2.24) is 5.32 Å². The van der Waals surface area contributed by atoms with Gasteiger partial charge < -0.3 is 10.4 Å². The molecular weight excluding hydrogens is 217 g/mol. The molecule has 0 radical (unpaired) electrons. The van der Waals surface area contributed by atoms with Gasteiger partial charge in [0.1, 0.15) is 11.4 Å². The van der Waals surface area contributed by atoms with E-state index in [0.29, 0.717) is 12.0 Å². The zero-order chi connectivity index (χ0) is 12.3. The molecule has 0 amide bonds. The zero-order valence-corrected chi connectivity index (χ0v) is 10.2. The Morgan fingerprint density at radius 2 is 2.00 bits per heavy atom. The molecule has 2 N–H and O–H groups in total. The van der Waals surface area contributed by atoms with Gasteiger partial charge in [0.25, 0.3) is 0 Å². The highest BCUT2D eigenvalue weighted by Crippen LogP contribution is 2.34. The molecule has 17 heavy (non-hydrogen) atoms. The lowest BCUT2D eigenvalue weighted by Crippen LogP contribution is -2.40. The Hall–Kier alpha value is -1.09. The van der Waals surface area contributed by atoms with E-state index < -0.39 is 5.67 Å². The van der Waals surface area contributed by atoms with Gasteiger partial charge in [-0.05, 0) is 50.4 Å². The number of phenols is 1. The third-order valence-electron chi connectivity index (χ3n) is 3.72. The third-order valence-corrected chi connectivity index (χ3v) is 3.72. The average molecular weight is 237 g/mol. The minimum atomic E-state index is -1.24. The Morgan fingerprint density at radius 3 is 2.65 bits per heavy atom. The zero-order valence-electron chi connectivity index (χ0n) is 10.2. The third kappa shape index (κ3) is 2.97. The Labute approximate surface area is 102 Å². The topological polar surface area (TPSA) is 32.3 Å². The smallest absolute Gasteiger partial charge is 0.118 e. The maximum absolute atomic E-state index is 14.7. The van der Waals surface area contributed by atoms with Gasteiger partial charge in [-0.3, -0.25) is 0 Å². The van der Waals surface area contributed by atoms with E-state index >= 15 is 0 Å². The van der Waals surface area contributed by atoms with E-state index in [9.17, 15) is 9.50 Å². The van der Waals surface area contributed by atoms with Crippen LogP contribution in [0.2, 0.25) is 0 Å². The van der Waals surface area contributed by atoms with Crippen molar-refractivity contribution in [2.75, 3.05) is 13.1 Å². The maximum Gasteiger partial charge on any atom is 0.118 e. The molecule has 2 rings (SSSR count). The van der Waals surface area contributed by atoms with Crippen LogP contribution in [0.4, 0.5) is 4.39 Å². The first-order valence-corrected chi connectivity index (χ1v) is 6.26. The number of para-hydroxylation sites is 1. The first-order valence-electron chi connectivity index (χ1n) is 6.26. The Balaban J connectivity index is 2.08. The van der Waals surface area contributed by atoms with E-state index in [0.717, 1.165) is 25.9 Å². The second-order valence-corrected chi connectivity index (χ2v) is 5.11. The van der Waals surface area contributed by atoms with Gasteiger partial charge in [-0.25, -0.2) is 4.39 Å². The Kier molecular flexibility index (Phi) is 3.67. The number of halogens is 1. The highest BCUT2D eigenvalue weighted by molar-refractivity contribution is 5.33. The van der Waals surface area contributed by atoms with Crippen molar-refractivity contribution < 1.29 is 9.50 Å². The monoisotopic (exact) mass is 237 g/mol. The van der Waals surface area contributed by atoms with Crippen LogP contribution in [0.3, 0.4) is 0 Å². The number of rotatable bonds is 3. The second-order valence-electron chi connectivity index (χ2n) is 5.11. The SMILES string of the molecule is CC(F)(Cc1ccccc1O)C1CCNCC1. The van der Waals surface area contributed by atoms with Crippen LogP contribution >= 0.6 is 0 Å². The molecule has 1 unspecified atom stereocenters. The summed E-state index contributed by atoms with van der Waals surface area (Å²) in [4.78, 5) is 0. The molecule has 3 heteroatoms. The highest BCUT2D eigenvalue weighted by Gasteiger charge is 2.35. The lowest BCUT2D eigenvalue weighted by Gasteiger charge is -2.34. The molecule has 0 bridgehead atoms. The second kappa shape index (κ2) is 5.05. The molecule has 0 aliphatic carbocycles. The molecule has 2 nitrogen and oxygen atoms in total. The van der Waals surface area contributed by atoms with Crippen molar-refractivity contribution in [2.24, 2.45) is 5.92 Å². The fraction of sp³-hybridized carbons (Fsp3) is 0.571. The van der Waals surface area contributed by atoms with Crippen LogP contribution in [0.15, 0.2) is 24.3 Å². The molecular formula is C14H20FNO.